The van der Waals surface area contributed by atoms with Gasteiger partial charge >= 0.3 is 6.09 Å². The van der Waals surface area contributed by atoms with Crippen LogP contribution in [-0.4, -0.2) is 49.2 Å². The number of aliphatic imine (C=N–C) groups is 1. The monoisotopic (exact) mass is 392 g/mol. The number of ether oxygens (including phenoxy) is 1. The molecule has 1 heterocycles. The number of piperidine rings is 1. The number of benzene rings is 1. The van der Waals surface area contributed by atoms with E-state index in [9.17, 15) is 9.18 Å². The van der Waals surface area contributed by atoms with E-state index in [0.29, 0.717) is 24.0 Å². The van der Waals surface area contributed by atoms with Crippen molar-refractivity contribution in [3.05, 3.63) is 35.6 Å². The molecule has 2 N–H and O–H groups in total. The van der Waals surface area contributed by atoms with Gasteiger partial charge in [0.15, 0.2) is 5.96 Å². The van der Waals surface area contributed by atoms with Gasteiger partial charge in [-0.2, -0.15) is 0 Å². The molecule has 1 aromatic rings. The molecule has 1 unspecified atom stereocenters. The van der Waals surface area contributed by atoms with Gasteiger partial charge in [-0.15, -0.1) is 0 Å². The minimum Gasteiger partial charge on any atom is -0.444 e. The highest BCUT2D eigenvalue weighted by Crippen LogP contribution is 2.21. The summed E-state index contributed by atoms with van der Waals surface area (Å²) in [4.78, 5) is 18.3. The minimum absolute atomic E-state index is 0.227. The summed E-state index contributed by atoms with van der Waals surface area (Å²) in [5.41, 5.74) is 0.132. The van der Waals surface area contributed by atoms with Gasteiger partial charge in [0.25, 0.3) is 0 Å². The van der Waals surface area contributed by atoms with Crippen molar-refractivity contribution < 1.29 is 13.9 Å². The highest BCUT2D eigenvalue weighted by Gasteiger charge is 2.27. The molecule has 1 aliphatic rings. The predicted molar refractivity (Wildman–Crippen MR) is 110 cm³/mol. The second-order valence-corrected chi connectivity index (χ2v) is 8.17. The zero-order valence-corrected chi connectivity index (χ0v) is 17.4. The number of guanidine groups is 1. The Balaban J connectivity index is 1.73. The van der Waals surface area contributed by atoms with E-state index in [-0.39, 0.29) is 11.9 Å². The first-order chi connectivity index (χ1) is 13.3. The van der Waals surface area contributed by atoms with E-state index >= 15 is 0 Å². The lowest BCUT2D eigenvalue weighted by Crippen LogP contribution is -2.44. The van der Waals surface area contributed by atoms with Crippen LogP contribution in [0.25, 0.3) is 0 Å². The van der Waals surface area contributed by atoms with Gasteiger partial charge in [-0.05, 0) is 52.0 Å². The van der Waals surface area contributed by atoms with Crippen LogP contribution in [0.2, 0.25) is 0 Å². The van der Waals surface area contributed by atoms with Crippen LogP contribution in [0.1, 0.15) is 45.6 Å². The summed E-state index contributed by atoms with van der Waals surface area (Å²) in [6.45, 7) is 8.25. The Morgan fingerprint density at radius 2 is 2.07 bits per heavy atom. The van der Waals surface area contributed by atoms with Crippen molar-refractivity contribution in [1.82, 2.24) is 15.5 Å². The third kappa shape index (κ3) is 7.37. The number of amides is 1. The van der Waals surface area contributed by atoms with Gasteiger partial charge in [0.2, 0.25) is 0 Å². The standard InChI is InChI=1S/C21H33FN4O2/c1-21(2,3)28-20(27)26-13-7-8-16(15-26)11-12-24-19(23-4)25-14-17-9-5-6-10-18(17)22/h5-6,9-10,16H,7-8,11-15H2,1-4H3,(H2,23,24,25). The lowest BCUT2D eigenvalue weighted by Gasteiger charge is -2.34. The third-order valence-electron chi connectivity index (χ3n) is 4.64. The molecule has 0 aromatic heterocycles. The fourth-order valence-electron chi connectivity index (χ4n) is 3.23. The van der Waals surface area contributed by atoms with Crippen LogP contribution in [0.15, 0.2) is 29.3 Å². The molecule has 1 amide bonds. The maximum absolute atomic E-state index is 13.7. The van der Waals surface area contributed by atoms with Gasteiger partial charge in [0, 0.05) is 38.8 Å². The van der Waals surface area contributed by atoms with E-state index in [1.165, 1.54) is 6.07 Å². The lowest BCUT2D eigenvalue weighted by molar-refractivity contribution is 0.0162. The zero-order chi connectivity index (χ0) is 20.6. The number of carbonyl (C=O) groups is 1. The Kier molecular flexibility index (Phi) is 8.08. The fraction of sp³-hybridized carbons (Fsp3) is 0.619. The van der Waals surface area contributed by atoms with Crippen molar-refractivity contribution in [2.75, 3.05) is 26.7 Å². The van der Waals surface area contributed by atoms with Crippen LogP contribution < -0.4 is 10.6 Å². The van der Waals surface area contributed by atoms with Crippen molar-refractivity contribution in [2.24, 2.45) is 10.9 Å². The Hall–Kier alpha value is -2.31. The van der Waals surface area contributed by atoms with Crippen molar-refractivity contribution in [1.29, 1.82) is 0 Å². The molecule has 1 aromatic carbocycles. The summed E-state index contributed by atoms with van der Waals surface area (Å²) in [5, 5.41) is 6.40. The summed E-state index contributed by atoms with van der Waals surface area (Å²) in [6.07, 6.45) is 2.79. The quantitative estimate of drug-likeness (QED) is 0.594. The number of carbonyl (C=O) groups excluding carboxylic acids is 1. The van der Waals surface area contributed by atoms with E-state index in [2.05, 4.69) is 15.6 Å². The Morgan fingerprint density at radius 1 is 1.32 bits per heavy atom. The van der Waals surface area contributed by atoms with E-state index in [1.54, 1.807) is 19.2 Å². The van der Waals surface area contributed by atoms with Gasteiger partial charge in [0.05, 0.1) is 0 Å². The normalized spacial score (nSPS) is 18.0. The van der Waals surface area contributed by atoms with E-state index in [4.69, 9.17) is 4.74 Å². The van der Waals surface area contributed by atoms with Crippen LogP contribution in [0.4, 0.5) is 9.18 Å². The Bertz CT molecular complexity index is 673. The predicted octanol–water partition coefficient (Wildman–Crippen LogP) is 3.53. The minimum atomic E-state index is -0.470. The topological polar surface area (TPSA) is 66.0 Å². The molecule has 0 saturated carbocycles. The molecule has 28 heavy (non-hydrogen) atoms. The highest BCUT2D eigenvalue weighted by molar-refractivity contribution is 5.79. The second kappa shape index (κ2) is 10.3. The first-order valence-electron chi connectivity index (χ1n) is 9.94. The van der Waals surface area contributed by atoms with E-state index in [1.807, 2.05) is 31.7 Å². The van der Waals surface area contributed by atoms with Gasteiger partial charge in [-0.1, -0.05) is 18.2 Å². The number of halogens is 1. The maximum atomic E-state index is 13.7. The van der Waals surface area contributed by atoms with Crippen LogP contribution in [0.3, 0.4) is 0 Å². The molecule has 1 fully saturated rings. The Morgan fingerprint density at radius 3 is 2.75 bits per heavy atom. The van der Waals surface area contributed by atoms with Gasteiger partial charge < -0.3 is 20.3 Å². The summed E-state index contributed by atoms with van der Waals surface area (Å²) >= 11 is 0. The second-order valence-electron chi connectivity index (χ2n) is 8.17. The molecular weight excluding hydrogens is 359 g/mol. The summed E-state index contributed by atoms with van der Waals surface area (Å²) < 4.78 is 19.2. The number of hydrogen-bond acceptors (Lipinski definition) is 3. The average molecular weight is 393 g/mol. The maximum Gasteiger partial charge on any atom is 0.410 e. The van der Waals surface area contributed by atoms with E-state index in [0.717, 1.165) is 38.9 Å². The van der Waals surface area contributed by atoms with E-state index < -0.39 is 5.60 Å². The molecule has 7 heteroatoms. The number of nitrogens with one attached hydrogen (secondary N) is 2. The van der Waals surface area contributed by atoms with Gasteiger partial charge in [-0.3, -0.25) is 4.99 Å². The molecule has 0 aliphatic carbocycles. The fourth-order valence-corrected chi connectivity index (χ4v) is 3.23. The number of likely N-dealkylation sites (tertiary alicyclic amines) is 1. The Labute approximate surface area is 167 Å². The van der Waals surface area contributed by atoms with Crippen LogP contribution >= 0.6 is 0 Å². The smallest absolute Gasteiger partial charge is 0.410 e. The van der Waals surface area contributed by atoms with Crippen molar-refractivity contribution in [2.45, 2.75) is 52.2 Å². The molecule has 0 spiro atoms. The van der Waals surface area contributed by atoms with Crippen molar-refractivity contribution >= 4 is 12.1 Å². The van der Waals surface area contributed by atoms with Gasteiger partial charge in [0.1, 0.15) is 11.4 Å². The van der Waals surface area contributed by atoms with Crippen molar-refractivity contribution in [3.8, 4) is 0 Å². The van der Waals surface area contributed by atoms with Crippen LogP contribution in [-0.2, 0) is 11.3 Å². The summed E-state index contributed by atoms with van der Waals surface area (Å²) in [5.74, 6) is 0.844. The lowest BCUT2D eigenvalue weighted by atomic mass is 9.95. The molecular formula is C21H33FN4O2. The average Bonchev–Trinajstić information content (AvgIpc) is 2.64. The van der Waals surface area contributed by atoms with Crippen LogP contribution in [0.5, 0.6) is 0 Å². The third-order valence-corrected chi connectivity index (χ3v) is 4.64. The molecule has 6 nitrogen and oxygen atoms in total. The highest BCUT2D eigenvalue weighted by atomic mass is 19.1. The number of nitrogens with zero attached hydrogens (tertiary/aromatic N) is 2. The van der Waals surface area contributed by atoms with Crippen molar-refractivity contribution in [3.63, 3.8) is 0 Å². The molecule has 1 aliphatic heterocycles. The molecule has 1 saturated heterocycles. The zero-order valence-electron chi connectivity index (χ0n) is 17.4. The molecule has 156 valence electrons. The first kappa shape index (κ1) is 22.0. The first-order valence-corrected chi connectivity index (χ1v) is 9.94. The molecule has 2 rings (SSSR count). The summed E-state index contributed by atoms with van der Waals surface area (Å²) in [7, 11) is 1.70. The largest absolute Gasteiger partial charge is 0.444 e. The summed E-state index contributed by atoms with van der Waals surface area (Å²) in [6, 6.07) is 6.70. The molecule has 1 atom stereocenters. The SMILES string of the molecule is CN=C(NCCC1CCCN(C(=O)OC(C)(C)C)C1)NCc1ccccc1F. The van der Waals surface area contributed by atoms with Gasteiger partial charge in [-0.25, -0.2) is 9.18 Å². The number of hydrogen-bond donors (Lipinski definition) is 2. The van der Waals surface area contributed by atoms with Crippen LogP contribution in [0, 0.1) is 11.7 Å². The molecule has 0 bridgehead atoms. The molecule has 0 radical (unpaired) electrons. The number of rotatable bonds is 5.